The van der Waals surface area contributed by atoms with E-state index in [1.54, 1.807) is 25.3 Å². The van der Waals surface area contributed by atoms with Crippen molar-refractivity contribution in [3.63, 3.8) is 0 Å². The van der Waals surface area contributed by atoms with Gasteiger partial charge in [0.2, 0.25) is 0 Å². The van der Waals surface area contributed by atoms with Gasteiger partial charge < -0.3 is 5.32 Å². The van der Waals surface area contributed by atoms with Gasteiger partial charge >= 0.3 is 0 Å². The highest BCUT2D eigenvalue weighted by atomic mass is 35.5. The molecule has 0 fully saturated rings. The molecular formula is C12H9ClFN3S. The summed E-state index contributed by atoms with van der Waals surface area (Å²) in [5.74, 6) is -0.398. The zero-order valence-electron chi connectivity index (χ0n) is 9.50. The lowest BCUT2D eigenvalue weighted by Crippen LogP contribution is -2.02. The number of hydrogen-bond donors (Lipinski definition) is 1. The molecule has 0 aliphatic heterocycles. The summed E-state index contributed by atoms with van der Waals surface area (Å²) in [7, 11) is 0. The number of nitrogens with one attached hydrogen (secondary N) is 1. The summed E-state index contributed by atoms with van der Waals surface area (Å²) in [6.07, 6.45) is 1.65. The molecule has 1 N–H and O–H groups in total. The summed E-state index contributed by atoms with van der Waals surface area (Å²) in [6.45, 7) is 2.04. The lowest BCUT2D eigenvalue weighted by Gasteiger charge is -2.08. The summed E-state index contributed by atoms with van der Waals surface area (Å²) in [4.78, 5) is 4.82. The molecule has 0 saturated heterocycles. The second-order valence-corrected chi connectivity index (χ2v) is 5.34. The predicted molar refractivity (Wildman–Crippen MR) is 70.3 cm³/mol. The van der Waals surface area contributed by atoms with Crippen LogP contribution in [0.4, 0.5) is 10.1 Å². The number of thiazole rings is 1. The normalized spacial score (nSPS) is 10.1. The minimum atomic E-state index is -0.398. The Labute approximate surface area is 113 Å². The Bertz CT molecular complexity index is 618. The summed E-state index contributed by atoms with van der Waals surface area (Å²) < 4.78 is 14.4. The van der Waals surface area contributed by atoms with Gasteiger partial charge in [-0.3, -0.25) is 0 Å². The SMILES string of the molecule is Cc1c(C#N)ccc(NCc2cnc(Cl)s2)c1F. The molecule has 18 heavy (non-hydrogen) atoms. The molecule has 3 nitrogen and oxygen atoms in total. The monoisotopic (exact) mass is 281 g/mol. The fraction of sp³-hybridized carbons (Fsp3) is 0.167. The topological polar surface area (TPSA) is 48.7 Å². The highest BCUT2D eigenvalue weighted by molar-refractivity contribution is 7.15. The zero-order valence-corrected chi connectivity index (χ0v) is 11.1. The van der Waals surface area contributed by atoms with Crippen LogP contribution >= 0.6 is 22.9 Å². The highest BCUT2D eigenvalue weighted by Crippen LogP contribution is 2.23. The Morgan fingerprint density at radius 2 is 2.33 bits per heavy atom. The number of rotatable bonds is 3. The van der Waals surface area contributed by atoms with Gasteiger partial charge in [0.05, 0.1) is 23.9 Å². The van der Waals surface area contributed by atoms with E-state index in [2.05, 4.69) is 10.3 Å². The van der Waals surface area contributed by atoms with Crippen LogP contribution in [-0.2, 0) is 6.54 Å². The first-order valence-electron chi connectivity index (χ1n) is 5.15. The molecule has 2 rings (SSSR count). The van der Waals surface area contributed by atoms with Gasteiger partial charge in [0.25, 0.3) is 0 Å². The molecule has 0 aliphatic carbocycles. The lowest BCUT2D eigenvalue weighted by molar-refractivity contribution is 0.620. The third-order valence-corrected chi connectivity index (χ3v) is 3.60. The van der Waals surface area contributed by atoms with Gasteiger partial charge in [-0.05, 0) is 19.1 Å². The zero-order chi connectivity index (χ0) is 13.1. The van der Waals surface area contributed by atoms with Crippen LogP contribution in [0.15, 0.2) is 18.3 Å². The maximum atomic E-state index is 13.9. The molecule has 0 saturated carbocycles. The van der Waals surface area contributed by atoms with Crippen molar-refractivity contribution in [3.8, 4) is 6.07 Å². The van der Waals surface area contributed by atoms with E-state index in [-0.39, 0.29) is 0 Å². The quantitative estimate of drug-likeness (QED) is 0.932. The first-order valence-corrected chi connectivity index (χ1v) is 6.34. The van der Waals surface area contributed by atoms with Gasteiger partial charge in [0.1, 0.15) is 0 Å². The molecule has 0 atom stereocenters. The van der Waals surface area contributed by atoms with Crippen LogP contribution in [0.5, 0.6) is 0 Å². The molecule has 0 radical (unpaired) electrons. The lowest BCUT2D eigenvalue weighted by atomic mass is 10.1. The van der Waals surface area contributed by atoms with Crippen molar-refractivity contribution in [2.45, 2.75) is 13.5 Å². The van der Waals surface area contributed by atoms with Crippen molar-refractivity contribution < 1.29 is 4.39 Å². The Balaban J connectivity index is 2.15. The molecule has 0 unspecified atom stereocenters. The smallest absolute Gasteiger partial charge is 0.183 e. The Morgan fingerprint density at radius 3 is 2.94 bits per heavy atom. The van der Waals surface area contributed by atoms with E-state index in [9.17, 15) is 4.39 Å². The van der Waals surface area contributed by atoms with E-state index >= 15 is 0 Å². The van der Waals surface area contributed by atoms with Crippen LogP contribution in [0.1, 0.15) is 16.0 Å². The molecule has 0 amide bonds. The first kappa shape index (κ1) is 12.8. The average Bonchev–Trinajstić information content (AvgIpc) is 2.77. The molecular weight excluding hydrogens is 273 g/mol. The van der Waals surface area contributed by atoms with Gasteiger partial charge in [-0.15, -0.1) is 11.3 Å². The number of hydrogen-bond acceptors (Lipinski definition) is 4. The van der Waals surface area contributed by atoms with E-state index in [0.29, 0.717) is 27.8 Å². The number of anilines is 1. The minimum Gasteiger partial charge on any atom is -0.378 e. The predicted octanol–water partition coefficient (Wildman–Crippen LogP) is 3.73. The van der Waals surface area contributed by atoms with E-state index < -0.39 is 5.82 Å². The fourth-order valence-corrected chi connectivity index (χ4v) is 2.41. The molecule has 2 aromatic rings. The molecule has 6 heteroatoms. The van der Waals surface area contributed by atoms with Crippen molar-refractivity contribution in [2.75, 3.05) is 5.32 Å². The molecule has 1 aromatic heterocycles. The van der Waals surface area contributed by atoms with Gasteiger partial charge in [-0.1, -0.05) is 11.6 Å². The highest BCUT2D eigenvalue weighted by Gasteiger charge is 2.09. The average molecular weight is 282 g/mol. The van der Waals surface area contributed by atoms with Crippen LogP contribution < -0.4 is 5.32 Å². The Kier molecular flexibility index (Phi) is 3.80. The van der Waals surface area contributed by atoms with Crippen molar-refractivity contribution >= 4 is 28.6 Å². The molecule has 0 bridgehead atoms. The van der Waals surface area contributed by atoms with Gasteiger partial charge in [0, 0.05) is 16.6 Å². The van der Waals surface area contributed by atoms with Crippen molar-refractivity contribution in [1.82, 2.24) is 4.98 Å². The van der Waals surface area contributed by atoms with E-state index in [4.69, 9.17) is 16.9 Å². The fourth-order valence-electron chi connectivity index (χ4n) is 1.49. The molecule has 0 spiro atoms. The summed E-state index contributed by atoms with van der Waals surface area (Å²) in [5, 5.41) is 11.7. The first-order chi connectivity index (χ1) is 8.61. The molecule has 0 aliphatic rings. The second kappa shape index (κ2) is 5.34. The van der Waals surface area contributed by atoms with Crippen LogP contribution in [0.3, 0.4) is 0 Å². The van der Waals surface area contributed by atoms with Gasteiger partial charge in [-0.25, -0.2) is 9.37 Å². The second-order valence-electron chi connectivity index (χ2n) is 3.64. The number of nitriles is 1. The van der Waals surface area contributed by atoms with Crippen molar-refractivity contribution in [1.29, 1.82) is 5.26 Å². The third-order valence-electron chi connectivity index (χ3n) is 2.49. The number of aromatic nitrogens is 1. The molecule has 92 valence electrons. The molecule has 1 aromatic carbocycles. The van der Waals surface area contributed by atoms with Gasteiger partial charge in [0.15, 0.2) is 10.3 Å². The maximum absolute atomic E-state index is 13.9. The Hall–Kier alpha value is -1.64. The third kappa shape index (κ3) is 2.61. The van der Waals surface area contributed by atoms with Crippen molar-refractivity contribution in [3.05, 3.63) is 44.6 Å². The van der Waals surface area contributed by atoms with Crippen molar-refractivity contribution in [2.24, 2.45) is 0 Å². The van der Waals surface area contributed by atoms with Crippen LogP contribution in [-0.4, -0.2) is 4.98 Å². The standard InChI is InChI=1S/C12H9ClFN3S/c1-7-8(4-15)2-3-10(11(7)14)16-5-9-6-17-12(13)18-9/h2-3,6,16H,5H2,1H3. The molecule has 1 heterocycles. The summed E-state index contributed by atoms with van der Waals surface area (Å²) in [6, 6.07) is 5.10. The maximum Gasteiger partial charge on any atom is 0.183 e. The summed E-state index contributed by atoms with van der Waals surface area (Å²) in [5.41, 5.74) is 1.07. The van der Waals surface area contributed by atoms with Crippen LogP contribution in [0, 0.1) is 24.1 Å². The number of benzene rings is 1. The van der Waals surface area contributed by atoms with E-state index in [1.165, 1.54) is 11.3 Å². The summed E-state index contributed by atoms with van der Waals surface area (Å²) >= 11 is 7.05. The largest absolute Gasteiger partial charge is 0.378 e. The van der Waals surface area contributed by atoms with Gasteiger partial charge in [-0.2, -0.15) is 5.26 Å². The van der Waals surface area contributed by atoms with E-state index in [0.717, 1.165) is 4.88 Å². The number of nitrogens with zero attached hydrogens (tertiary/aromatic N) is 2. The number of halogens is 2. The van der Waals surface area contributed by atoms with Crippen LogP contribution in [0.25, 0.3) is 0 Å². The Morgan fingerprint density at radius 1 is 1.56 bits per heavy atom. The van der Waals surface area contributed by atoms with E-state index in [1.807, 2.05) is 6.07 Å². The minimum absolute atomic E-state index is 0.346. The van der Waals surface area contributed by atoms with Crippen LogP contribution in [0.2, 0.25) is 4.47 Å².